The Morgan fingerprint density at radius 3 is 2.50 bits per heavy atom. The molecule has 0 radical (unpaired) electrons. The highest BCUT2D eigenvalue weighted by Crippen LogP contribution is 2.23. The molecule has 9 heteroatoms. The van der Waals surface area contributed by atoms with Crippen LogP contribution in [-0.4, -0.2) is 54.5 Å². The van der Waals surface area contributed by atoms with Crippen LogP contribution in [0.3, 0.4) is 0 Å². The molecule has 0 aliphatic carbocycles. The second kappa shape index (κ2) is 9.20. The Balaban J connectivity index is 1.93. The third kappa shape index (κ3) is 5.21. The number of hydrogen-bond acceptors (Lipinski definition) is 5. The Bertz CT molecular complexity index is 749. The van der Waals surface area contributed by atoms with E-state index >= 15 is 0 Å². The summed E-state index contributed by atoms with van der Waals surface area (Å²) in [6, 6.07) is 6.14. The molecule has 28 heavy (non-hydrogen) atoms. The highest BCUT2D eigenvalue weighted by molar-refractivity contribution is 6.09. The summed E-state index contributed by atoms with van der Waals surface area (Å²) in [7, 11) is 1.58. The van der Waals surface area contributed by atoms with E-state index in [4.69, 9.17) is 4.74 Å². The molecule has 1 heterocycles. The van der Waals surface area contributed by atoms with Crippen molar-refractivity contribution in [2.24, 2.45) is 0 Å². The van der Waals surface area contributed by atoms with Crippen LogP contribution in [0, 0.1) is 0 Å². The van der Waals surface area contributed by atoms with Gasteiger partial charge in [-0.25, -0.2) is 9.59 Å². The molecule has 1 aliphatic rings. The van der Waals surface area contributed by atoms with Crippen molar-refractivity contribution in [3.8, 4) is 5.75 Å². The smallest absolute Gasteiger partial charge is 0.325 e. The Hall–Kier alpha value is -3.10. The molecule has 0 unspecified atom stereocenters. The standard InChI is InChI=1S/C19H26N4O5/c1-4-11-20-17(26)21-15(24)12-23-16(25)19(2,22-18(23)27)10-9-13-5-7-14(28-3)8-6-13/h5-8H,4,9-12H2,1-3H3,(H,22,27)(H2,20,21,24,26)/t19-/m0/s1. The zero-order valence-electron chi connectivity index (χ0n) is 16.3. The summed E-state index contributed by atoms with van der Waals surface area (Å²) in [6.07, 6.45) is 1.66. The minimum absolute atomic E-state index is 0.374. The lowest BCUT2D eigenvalue weighted by molar-refractivity contribution is -0.134. The van der Waals surface area contributed by atoms with Crippen LogP contribution in [0.1, 0.15) is 32.3 Å². The van der Waals surface area contributed by atoms with Gasteiger partial charge in [-0.1, -0.05) is 19.1 Å². The van der Waals surface area contributed by atoms with Crippen LogP contribution in [0.4, 0.5) is 9.59 Å². The van der Waals surface area contributed by atoms with Crippen LogP contribution in [0.25, 0.3) is 0 Å². The van der Waals surface area contributed by atoms with Gasteiger partial charge >= 0.3 is 12.1 Å². The van der Waals surface area contributed by atoms with Crippen LogP contribution in [-0.2, 0) is 16.0 Å². The summed E-state index contributed by atoms with van der Waals surface area (Å²) < 4.78 is 5.11. The van der Waals surface area contributed by atoms with Crippen LogP contribution in [0.15, 0.2) is 24.3 Å². The number of rotatable bonds is 8. The van der Waals surface area contributed by atoms with Gasteiger partial charge in [0.2, 0.25) is 5.91 Å². The lowest BCUT2D eigenvalue weighted by Gasteiger charge is -2.21. The molecular formula is C19H26N4O5. The molecule has 3 N–H and O–H groups in total. The second-order valence-corrected chi connectivity index (χ2v) is 6.81. The number of ether oxygens (including phenoxy) is 1. The second-order valence-electron chi connectivity index (χ2n) is 6.81. The average molecular weight is 390 g/mol. The molecule has 0 aromatic heterocycles. The maximum Gasteiger partial charge on any atom is 0.325 e. The zero-order chi connectivity index (χ0) is 20.7. The van der Waals surface area contributed by atoms with E-state index in [1.807, 2.05) is 31.2 Å². The van der Waals surface area contributed by atoms with E-state index in [1.165, 1.54) is 0 Å². The third-order valence-corrected chi connectivity index (χ3v) is 4.51. The Labute approximate surface area is 163 Å². The fourth-order valence-electron chi connectivity index (χ4n) is 2.84. The molecule has 152 valence electrons. The topological polar surface area (TPSA) is 117 Å². The first-order valence-corrected chi connectivity index (χ1v) is 9.13. The fourth-order valence-corrected chi connectivity index (χ4v) is 2.84. The van der Waals surface area contributed by atoms with Gasteiger partial charge in [0.15, 0.2) is 0 Å². The van der Waals surface area contributed by atoms with Gasteiger partial charge in [-0.15, -0.1) is 0 Å². The number of benzene rings is 1. The number of imide groups is 2. The molecule has 1 saturated heterocycles. The van der Waals surface area contributed by atoms with Crippen molar-refractivity contribution in [2.75, 3.05) is 20.2 Å². The molecule has 1 aliphatic heterocycles. The van der Waals surface area contributed by atoms with Crippen molar-refractivity contribution in [1.29, 1.82) is 0 Å². The molecule has 0 saturated carbocycles. The van der Waals surface area contributed by atoms with E-state index in [0.717, 1.165) is 22.6 Å². The van der Waals surface area contributed by atoms with Gasteiger partial charge in [-0.05, 0) is 43.9 Å². The number of hydrogen-bond donors (Lipinski definition) is 3. The molecule has 1 aromatic rings. The monoisotopic (exact) mass is 390 g/mol. The molecule has 1 aromatic carbocycles. The van der Waals surface area contributed by atoms with Crippen molar-refractivity contribution in [2.45, 2.75) is 38.6 Å². The minimum atomic E-state index is -1.11. The average Bonchev–Trinajstić information content (AvgIpc) is 2.88. The third-order valence-electron chi connectivity index (χ3n) is 4.51. The van der Waals surface area contributed by atoms with E-state index in [-0.39, 0.29) is 0 Å². The Kier molecular flexibility index (Phi) is 6.97. The molecule has 0 spiro atoms. The summed E-state index contributed by atoms with van der Waals surface area (Å²) in [4.78, 5) is 49.2. The summed E-state index contributed by atoms with van der Waals surface area (Å²) in [5.41, 5.74) is -0.116. The highest BCUT2D eigenvalue weighted by Gasteiger charge is 2.47. The maximum absolute atomic E-state index is 12.7. The van der Waals surface area contributed by atoms with Crippen molar-refractivity contribution in [1.82, 2.24) is 20.9 Å². The van der Waals surface area contributed by atoms with Crippen molar-refractivity contribution in [3.05, 3.63) is 29.8 Å². The Morgan fingerprint density at radius 2 is 1.89 bits per heavy atom. The Morgan fingerprint density at radius 1 is 1.21 bits per heavy atom. The summed E-state index contributed by atoms with van der Waals surface area (Å²) >= 11 is 0. The van der Waals surface area contributed by atoms with Gasteiger partial charge in [0.05, 0.1) is 7.11 Å². The minimum Gasteiger partial charge on any atom is -0.497 e. The summed E-state index contributed by atoms with van der Waals surface area (Å²) in [5.74, 6) is -0.480. The molecule has 6 amide bonds. The maximum atomic E-state index is 12.7. The normalized spacial score (nSPS) is 18.6. The fraction of sp³-hybridized carbons (Fsp3) is 0.474. The summed E-state index contributed by atoms with van der Waals surface area (Å²) in [5, 5.41) is 7.24. The lowest BCUT2D eigenvalue weighted by atomic mass is 9.93. The predicted molar refractivity (Wildman–Crippen MR) is 102 cm³/mol. The first kappa shape index (κ1) is 21.2. The van der Waals surface area contributed by atoms with E-state index in [1.54, 1.807) is 14.0 Å². The SMILES string of the molecule is CCCNC(=O)NC(=O)CN1C(=O)N[C@@](C)(CCc2ccc(OC)cc2)C1=O. The largest absolute Gasteiger partial charge is 0.497 e. The predicted octanol–water partition coefficient (Wildman–Crippen LogP) is 1.17. The van der Waals surface area contributed by atoms with Gasteiger partial charge in [-0.2, -0.15) is 0 Å². The molecular weight excluding hydrogens is 364 g/mol. The number of carbonyl (C=O) groups is 4. The lowest BCUT2D eigenvalue weighted by Crippen LogP contribution is -2.47. The van der Waals surface area contributed by atoms with Crippen LogP contribution >= 0.6 is 0 Å². The number of urea groups is 2. The van der Waals surface area contributed by atoms with E-state index in [9.17, 15) is 19.2 Å². The highest BCUT2D eigenvalue weighted by atomic mass is 16.5. The van der Waals surface area contributed by atoms with Gasteiger partial charge < -0.3 is 15.4 Å². The van der Waals surface area contributed by atoms with E-state index in [2.05, 4.69) is 16.0 Å². The van der Waals surface area contributed by atoms with Crippen LogP contribution in [0.5, 0.6) is 5.75 Å². The summed E-state index contributed by atoms with van der Waals surface area (Å²) in [6.45, 7) is 3.42. The molecule has 9 nitrogen and oxygen atoms in total. The quantitative estimate of drug-likeness (QED) is 0.576. The van der Waals surface area contributed by atoms with Crippen LogP contribution < -0.4 is 20.7 Å². The molecule has 1 fully saturated rings. The first-order valence-electron chi connectivity index (χ1n) is 9.13. The molecule has 0 bridgehead atoms. The van der Waals surface area contributed by atoms with Gasteiger partial charge in [0.25, 0.3) is 5.91 Å². The number of nitrogens with zero attached hydrogens (tertiary/aromatic N) is 1. The molecule has 2 rings (SSSR count). The van der Waals surface area contributed by atoms with Crippen LogP contribution in [0.2, 0.25) is 0 Å². The number of amides is 6. The number of methoxy groups -OCH3 is 1. The van der Waals surface area contributed by atoms with Gasteiger partial charge in [0, 0.05) is 6.54 Å². The molecule has 1 atom stereocenters. The van der Waals surface area contributed by atoms with Gasteiger partial charge in [-0.3, -0.25) is 19.8 Å². The first-order chi connectivity index (χ1) is 13.3. The van der Waals surface area contributed by atoms with E-state index in [0.29, 0.717) is 19.4 Å². The van der Waals surface area contributed by atoms with Gasteiger partial charge in [0.1, 0.15) is 17.8 Å². The van der Waals surface area contributed by atoms with Crippen molar-refractivity contribution >= 4 is 23.9 Å². The number of carbonyl (C=O) groups excluding carboxylic acids is 4. The van der Waals surface area contributed by atoms with Crippen molar-refractivity contribution in [3.63, 3.8) is 0 Å². The number of aryl methyl sites for hydroxylation is 1. The van der Waals surface area contributed by atoms with Crippen molar-refractivity contribution < 1.29 is 23.9 Å². The van der Waals surface area contributed by atoms with E-state index < -0.39 is 36.0 Å². The number of nitrogens with one attached hydrogen (secondary N) is 3. The zero-order valence-corrected chi connectivity index (χ0v) is 16.3.